The van der Waals surface area contributed by atoms with Crippen molar-refractivity contribution in [2.45, 2.75) is 57.5 Å². The van der Waals surface area contributed by atoms with Crippen LogP contribution in [0.4, 0.5) is 0 Å². The van der Waals surface area contributed by atoms with Gasteiger partial charge in [0.2, 0.25) is 5.91 Å². The minimum atomic E-state index is 0.0974. The van der Waals surface area contributed by atoms with Gasteiger partial charge in [-0.05, 0) is 45.6 Å². The Hall–Kier alpha value is -1.36. The van der Waals surface area contributed by atoms with Crippen LogP contribution in [0, 0.1) is 6.92 Å². The molecule has 2 aliphatic heterocycles. The molecular formula is C15H23N3O2. The van der Waals surface area contributed by atoms with E-state index < -0.39 is 0 Å². The molecule has 0 aliphatic carbocycles. The highest BCUT2D eigenvalue weighted by Gasteiger charge is 2.32. The van der Waals surface area contributed by atoms with Gasteiger partial charge in [0, 0.05) is 25.1 Å². The fourth-order valence-corrected chi connectivity index (χ4v) is 3.35. The Morgan fingerprint density at radius 1 is 1.50 bits per heavy atom. The van der Waals surface area contributed by atoms with E-state index in [1.807, 2.05) is 17.9 Å². The molecule has 0 saturated carbocycles. The van der Waals surface area contributed by atoms with E-state index in [2.05, 4.69) is 10.5 Å². The van der Waals surface area contributed by atoms with Crippen LogP contribution in [-0.4, -0.2) is 35.1 Å². The molecule has 2 fully saturated rings. The molecule has 1 aromatic rings. The Bertz CT molecular complexity index is 465. The molecule has 5 nitrogen and oxygen atoms in total. The van der Waals surface area contributed by atoms with Crippen molar-refractivity contribution in [3.63, 3.8) is 0 Å². The molecule has 3 rings (SSSR count). The number of hydrogen-bond acceptors (Lipinski definition) is 4. The number of carbonyl (C=O) groups is 1. The van der Waals surface area contributed by atoms with E-state index in [9.17, 15) is 4.79 Å². The zero-order chi connectivity index (χ0) is 13.9. The van der Waals surface area contributed by atoms with Gasteiger partial charge in [-0.2, -0.15) is 0 Å². The molecule has 2 aliphatic rings. The number of aryl methyl sites for hydroxylation is 1. The first-order valence-corrected chi connectivity index (χ1v) is 7.70. The predicted molar refractivity (Wildman–Crippen MR) is 75.2 cm³/mol. The normalized spacial score (nSPS) is 26.4. The van der Waals surface area contributed by atoms with E-state index in [1.54, 1.807) is 0 Å². The molecule has 110 valence electrons. The summed E-state index contributed by atoms with van der Waals surface area (Å²) in [5.74, 6) is 1.10. The van der Waals surface area contributed by atoms with Crippen molar-refractivity contribution in [3.05, 3.63) is 17.5 Å². The number of rotatable bonds is 4. The number of aromatic nitrogens is 1. The summed E-state index contributed by atoms with van der Waals surface area (Å²) in [6, 6.07) is 2.59. The third-order valence-corrected chi connectivity index (χ3v) is 4.42. The smallest absolute Gasteiger partial charge is 0.223 e. The van der Waals surface area contributed by atoms with Gasteiger partial charge in [0.05, 0.1) is 11.7 Å². The minimum absolute atomic E-state index is 0.0974. The summed E-state index contributed by atoms with van der Waals surface area (Å²) in [7, 11) is 0. The SMILES string of the molecule is Cc1cc(C2CCCN2C(=O)CCC2CCCN2)on1. The first-order valence-electron chi connectivity index (χ1n) is 7.70. The fourth-order valence-electron chi connectivity index (χ4n) is 3.35. The highest BCUT2D eigenvalue weighted by molar-refractivity contribution is 5.77. The van der Waals surface area contributed by atoms with E-state index in [0.717, 1.165) is 43.8 Å². The van der Waals surface area contributed by atoms with Crippen LogP contribution in [0.3, 0.4) is 0 Å². The molecule has 5 heteroatoms. The van der Waals surface area contributed by atoms with E-state index in [-0.39, 0.29) is 11.9 Å². The maximum atomic E-state index is 12.4. The van der Waals surface area contributed by atoms with Crippen molar-refractivity contribution in [1.29, 1.82) is 0 Å². The molecule has 0 radical (unpaired) electrons. The van der Waals surface area contributed by atoms with Crippen LogP contribution in [0.1, 0.15) is 56.0 Å². The summed E-state index contributed by atoms with van der Waals surface area (Å²) in [5, 5.41) is 7.39. The van der Waals surface area contributed by atoms with E-state index in [1.165, 1.54) is 12.8 Å². The molecule has 2 atom stereocenters. The Morgan fingerprint density at radius 2 is 2.40 bits per heavy atom. The Morgan fingerprint density at radius 3 is 3.10 bits per heavy atom. The topological polar surface area (TPSA) is 58.4 Å². The molecule has 2 unspecified atom stereocenters. The summed E-state index contributed by atoms with van der Waals surface area (Å²) < 4.78 is 5.35. The third kappa shape index (κ3) is 2.87. The second-order valence-electron chi connectivity index (χ2n) is 5.95. The highest BCUT2D eigenvalue weighted by Crippen LogP contribution is 2.33. The molecule has 0 aromatic carbocycles. The Kier molecular flexibility index (Phi) is 4.05. The maximum Gasteiger partial charge on any atom is 0.223 e. The quantitative estimate of drug-likeness (QED) is 0.916. The van der Waals surface area contributed by atoms with Crippen LogP contribution in [0.15, 0.2) is 10.6 Å². The van der Waals surface area contributed by atoms with Crippen LogP contribution in [0.5, 0.6) is 0 Å². The number of hydrogen-bond donors (Lipinski definition) is 1. The van der Waals surface area contributed by atoms with Crippen molar-refractivity contribution in [2.75, 3.05) is 13.1 Å². The molecule has 1 N–H and O–H groups in total. The van der Waals surface area contributed by atoms with Crippen LogP contribution < -0.4 is 5.32 Å². The highest BCUT2D eigenvalue weighted by atomic mass is 16.5. The van der Waals surface area contributed by atoms with Gasteiger partial charge in [-0.15, -0.1) is 0 Å². The number of nitrogens with zero attached hydrogens (tertiary/aromatic N) is 2. The second-order valence-corrected chi connectivity index (χ2v) is 5.95. The molecule has 3 heterocycles. The van der Waals surface area contributed by atoms with Gasteiger partial charge in [-0.1, -0.05) is 5.16 Å². The van der Waals surface area contributed by atoms with Crippen molar-refractivity contribution >= 4 is 5.91 Å². The predicted octanol–water partition coefficient (Wildman–Crippen LogP) is 2.18. The zero-order valence-corrected chi connectivity index (χ0v) is 12.1. The van der Waals surface area contributed by atoms with Crippen molar-refractivity contribution < 1.29 is 9.32 Å². The fraction of sp³-hybridized carbons (Fsp3) is 0.733. The lowest BCUT2D eigenvalue weighted by molar-refractivity contribution is -0.132. The van der Waals surface area contributed by atoms with Crippen LogP contribution in [0.2, 0.25) is 0 Å². The largest absolute Gasteiger partial charge is 0.359 e. The van der Waals surface area contributed by atoms with Gasteiger partial charge in [0.1, 0.15) is 0 Å². The monoisotopic (exact) mass is 277 g/mol. The zero-order valence-electron chi connectivity index (χ0n) is 12.1. The van der Waals surface area contributed by atoms with E-state index in [4.69, 9.17) is 4.52 Å². The number of carbonyl (C=O) groups excluding carboxylic acids is 1. The summed E-state index contributed by atoms with van der Waals surface area (Å²) in [6.07, 6.45) is 6.08. The minimum Gasteiger partial charge on any atom is -0.359 e. The average molecular weight is 277 g/mol. The van der Waals surface area contributed by atoms with Gasteiger partial charge in [-0.25, -0.2) is 0 Å². The lowest BCUT2D eigenvalue weighted by atomic mass is 10.1. The first-order chi connectivity index (χ1) is 9.74. The van der Waals surface area contributed by atoms with Crippen molar-refractivity contribution in [3.8, 4) is 0 Å². The Labute approximate surface area is 119 Å². The summed E-state index contributed by atoms with van der Waals surface area (Å²) in [5.41, 5.74) is 0.884. The molecule has 2 saturated heterocycles. The van der Waals surface area contributed by atoms with Gasteiger partial charge < -0.3 is 14.7 Å². The van der Waals surface area contributed by atoms with Crippen LogP contribution in [-0.2, 0) is 4.79 Å². The van der Waals surface area contributed by atoms with Gasteiger partial charge in [-0.3, -0.25) is 4.79 Å². The second kappa shape index (κ2) is 5.95. The van der Waals surface area contributed by atoms with Gasteiger partial charge >= 0.3 is 0 Å². The molecule has 0 bridgehead atoms. The Balaban J connectivity index is 1.58. The molecule has 1 aromatic heterocycles. The summed E-state index contributed by atoms with van der Waals surface area (Å²) in [6.45, 7) is 3.86. The molecule has 20 heavy (non-hydrogen) atoms. The number of amides is 1. The van der Waals surface area contributed by atoms with Crippen molar-refractivity contribution in [1.82, 2.24) is 15.4 Å². The lowest BCUT2D eigenvalue weighted by Crippen LogP contribution is -2.32. The summed E-state index contributed by atoms with van der Waals surface area (Å²) >= 11 is 0. The number of likely N-dealkylation sites (tertiary alicyclic amines) is 1. The van der Waals surface area contributed by atoms with Crippen molar-refractivity contribution in [2.24, 2.45) is 0 Å². The molecule has 1 amide bonds. The summed E-state index contributed by atoms with van der Waals surface area (Å²) in [4.78, 5) is 14.4. The standard InChI is InChI=1S/C15H23N3O2/c1-11-10-14(20-17-11)13-5-3-9-18(13)15(19)7-6-12-4-2-8-16-12/h10,12-13,16H,2-9H2,1H3. The maximum absolute atomic E-state index is 12.4. The van der Waals surface area contributed by atoms with Crippen LogP contribution in [0.25, 0.3) is 0 Å². The molecule has 0 spiro atoms. The average Bonchev–Trinajstić information content (AvgIpc) is 3.16. The van der Waals surface area contributed by atoms with Crippen LogP contribution >= 0.6 is 0 Å². The van der Waals surface area contributed by atoms with Gasteiger partial charge in [0.25, 0.3) is 0 Å². The lowest BCUT2D eigenvalue weighted by Gasteiger charge is -2.23. The van der Waals surface area contributed by atoms with E-state index >= 15 is 0 Å². The van der Waals surface area contributed by atoms with Gasteiger partial charge in [0.15, 0.2) is 5.76 Å². The molecular weight excluding hydrogens is 254 g/mol. The third-order valence-electron chi connectivity index (χ3n) is 4.42. The van der Waals surface area contributed by atoms with E-state index in [0.29, 0.717) is 12.5 Å². The first kappa shape index (κ1) is 13.6. The number of nitrogens with one attached hydrogen (secondary N) is 1.